The van der Waals surface area contributed by atoms with Gasteiger partial charge in [-0.3, -0.25) is 0 Å². The first kappa shape index (κ1) is 9.78. The van der Waals surface area contributed by atoms with Crippen LogP contribution in [0.15, 0.2) is 65.5 Å². The highest BCUT2D eigenvalue weighted by Crippen LogP contribution is 2.31. The van der Waals surface area contributed by atoms with Gasteiger partial charge in [0.25, 0.3) is 0 Å². The maximum absolute atomic E-state index is 4.12. The first-order valence-corrected chi connectivity index (χ1v) is 5.41. The topological polar surface area (TPSA) is 40.5 Å². The summed E-state index contributed by atoms with van der Waals surface area (Å²) in [5.41, 5.74) is 2.96. The Morgan fingerprint density at radius 1 is 1.00 bits per heavy atom. The Morgan fingerprint density at radius 2 is 1.82 bits per heavy atom. The van der Waals surface area contributed by atoms with Crippen LogP contribution in [0.5, 0.6) is 0 Å². The molecule has 3 aromatic rings. The Kier molecular flexibility index (Phi) is 2.22. The molecule has 0 radical (unpaired) electrons. The van der Waals surface area contributed by atoms with Crippen molar-refractivity contribution in [3.63, 3.8) is 0 Å². The van der Waals surface area contributed by atoms with Gasteiger partial charge in [0.05, 0.1) is 5.52 Å². The van der Waals surface area contributed by atoms with Crippen LogP contribution in [-0.4, -0.2) is 4.98 Å². The molecule has 17 heavy (non-hydrogen) atoms. The molecule has 1 heterocycles. The molecule has 0 aliphatic carbocycles. The molecule has 3 rings (SSSR count). The Hall–Kier alpha value is -2.42. The first-order valence-electron chi connectivity index (χ1n) is 5.41. The molecule has 1 aromatic heterocycles. The summed E-state index contributed by atoms with van der Waals surface area (Å²) in [7, 11) is 0. The quantitative estimate of drug-likeness (QED) is 0.617. The molecule has 82 valence electrons. The van der Waals surface area contributed by atoms with Gasteiger partial charge >= 0.3 is 0 Å². The van der Waals surface area contributed by atoms with E-state index in [9.17, 15) is 0 Å². The zero-order valence-corrected chi connectivity index (χ0v) is 9.22. The first-order chi connectivity index (χ1) is 8.40. The Bertz CT molecular complexity index is 722. The van der Waals surface area contributed by atoms with Crippen LogP contribution in [0.1, 0.15) is 0 Å². The van der Waals surface area contributed by atoms with Crippen LogP contribution >= 0.6 is 0 Å². The molecule has 0 amide bonds. The van der Waals surface area contributed by atoms with Crippen LogP contribution < -0.4 is 0 Å². The van der Waals surface area contributed by atoms with E-state index in [0.717, 1.165) is 16.7 Å². The van der Waals surface area contributed by atoms with E-state index in [2.05, 4.69) is 40.0 Å². The van der Waals surface area contributed by atoms with Gasteiger partial charge in [-0.15, -0.1) is 5.11 Å². The molecule has 0 fully saturated rings. The summed E-state index contributed by atoms with van der Waals surface area (Å²) in [5, 5.41) is 10.3. The standard InChI is InChI=1S/C14H11N3/c1-2-15-17-13-9-5-7-11-10-6-3-4-8-12(10)16-14(11)13/h2-9,16H,1H2/b17-15+. The number of benzene rings is 2. The van der Waals surface area contributed by atoms with Gasteiger partial charge in [0.2, 0.25) is 0 Å². The van der Waals surface area contributed by atoms with Crippen LogP contribution in [0.3, 0.4) is 0 Å². The summed E-state index contributed by atoms with van der Waals surface area (Å²) in [5.74, 6) is 0. The molecule has 0 saturated carbocycles. The predicted octanol–water partition coefficient (Wildman–Crippen LogP) is 4.55. The predicted molar refractivity (Wildman–Crippen MR) is 70.5 cm³/mol. The van der Waals surface area contributed by atoms with Crippen molar-refractivity contribution in [2.45, 2.75) is 0 Å². The largest absolute Gasteiger partial charge is 0.353 e. The van der Waals surface area contributed by atoms with Crippen LogP contribution in [0.2, 0.25) is 0 Å². The number of H-pyrrole nitrogens is 1. The second-order valence-corrected chi connectivity index (χ2v) is 3.77. The van der Waals surface area contributed by atoms with Gasteiger partial charge < -0.3 is 4.98 Å². The van der Waals surface area contributed by atoms with Crippen molar-refractivity contribution in [2.24, 2.45) is 10.2 Å². The molecule has 3 heteroatoms. The maximum atomic E-state index is 4.12. The van der Waals surface area contributed by atoms with Gasteiger partial charge in [0.15, 0.2) is 0 Å². The summed E-state index contributed by atoms with van der Waals surface area (Å²) in [4.78, 5) is 3.37. The van der Waals surface area contributed by atoms with Crippen LogP contribution in [0.4, 0.5) is 5.69 Å². The number of aromatic amines is 1. The molecular weight excluding hydrogens is 210 g/mol. The zero-order valence-electron chi connectivity index (χ0n) is 9.22. The second-order valence-electron chi connectivity index (χ2n) is 3.77. The lowest BCUT2D eigenvalue weighted by Crippen LogP contribution is -1.68. The molecule has 0 unspecified atom stereocenters. The van der Waals surface area contributed by atoms with Crippen molar-refractivity contribution < 1.29 is 0 Å². The Morgan fingerprint density at radius 3 is 2.71 bits per heavy atom. The lowest BCUT2D eigenvalue weighted by Gasteiger charge is -1.94. The molecule has 2 aromatic carbocycles. The zero-order chi connectivity index (χ0) is 11.7. The van der Waals surface area contributed by atoms with Gasteiger partial charge in [-0.2, -0.15) is 5.11 Å². The number of azo groups is 1. The van der Waals surface area contributed by atoms with E-state index in [4.69, 9.17) is 0 Å². The number of aromatic nitrogens is 1. The maximum Gasteiger partial charge on any atom is 0.110 e. The van der Waals surface area contributed by atoms with Crippen LogP contribution in [0.25, 0.3) is 21.8 Å². The van der Waals surface area contributed by atoms with Crippen molar-refractivity contribution >= 4 is 27.5 Å². The summed E-state index contributed by atoms with van der Waals surface area (Å²) in [6, 6.07) is 14.2. The fraction of sp³-hybridized carbons (Fsp3) is 0. The number of fused-ring (bicyclic) bond motifs is 3. The summed E-state index contributed by atoms with van der Waals surface area (Å²) in [6.07, 6.45) is 1.43. The highest BCUT2D eigenvalue weighted by molar-refractivity contribution is 6.10. The molecule has 0 spiro atoms. The van der Waals surface area contributed by atoms with E-state index < -0.39 is 0 Å². The third kappa shape index (κ3) is 1.52. The van der Waals surface area contributed by atoms with Gasteiger partial charge in [-0.05, 0) is 12.1 Å². The summed E-state index contributed by atoms with van der Waals surface area (Å²) in [6.45, 7) is 3.53. The fourth-order valence-electron chi connectivity index (χ4n) is 2.04. The van der Waals surface area contributed by atoms with E-state index in [0.29, 0.717) is 0 Å². The van der Waals surface area contributed by atoms with Gasteiger partial charge in [0, 0.05) is 22.5 Å². The molecule has 1 N–H and O–H groups in total. The Labute approximate surface area is 98.5 Å². The van der Waals surface area contributed by atoms with Gasteiger partial charge in [-0.1, -0.05) is 36.9 Å². The number of nitrogens with one attached hydrogen (secondary N) is 1. The van der Waals surface area contributed by atoms with E-state index in [1.54, 1.807) is 0 Å². The van der Waals surface area contributed by atoms with Crippen molar-refractivity contribution in [1.82, 2.24) is 4.98 Å². The van der Waals surface area contributed by atoms with Crippen molar-refractivity contribution in [2.75, 3.05) is 0 Å². The third-order valence-electron chi connectivity index (χ3n) is 2.77. The van der Waals surface area contributed by atoms with E-state index in [1.165, 1.54) is 17.0 Å². The van der Waals surface area contributed by atoms with Crippen LogP contribution in [-0.2, 0) is 0 Å². The Balaban J connectivity index is 2.39. The average Bonchev–Trinajstić information content (AvgIpc) is 2.75. The average molecular weight is 221 g/mol. The number of nitrogens with zero attached hydrogens (tertiary/aromatic N) is 2. The number of hydrogen-bond acceptors (Lipinski definition) is 2. The highest BCUT2D eigenvalue weighted by Gasteiger charge is 2.06. The lowest BCUT2D eigenvalue weighted by molar-refractivity contribution is 1.24. The smallest absolute Gasteiger partial charge is 0.110 e. The molecule has 0 atom stereocenters. The normalized spacial score (nSPS) is 11.5. The van der Waals surface area contributed by atoms with Crippen molar-refractivity contribution in [3.05, 3.63) is 55.2 Å². The van der Waals surface area contributed by atoms with E-state index >= 15 is 0 Å². The molecule has 0 aliphatic heterocycles. The van der Waals surface area contributed by atoms with E-state index in [1.807, 2.05) is 24.3 Å². The molecular formula is C14H11N3. The number of para-hydroxylation sites is 2. The van der Waals surface area contributed by atoms with Crippen molar-refractivity contribution in [3.8, 4) is 0 Å². The SMILES string of the molecule is C=C/N=N/c1cccc2c1[nH]c1ccccc12. The number of rotatable bonds is 2. The van der Waals surface area contributed by atoms with Gasteiger partial charge in [-0.25, -0.2) is 0 Å². The number of hydrogen-bond donors (Lipinski definition) is 1. The molecule has 0 aliphatic rings. The van der Waals surface area contributed by atoms with Crippen LogP contribution in [0, 0.1) is 0 Å². The monoisotopic (exact) mass is 221 g/mol. The molecule has 0 bridgehead atoms. The van der Waals surface area contributed by atoms with Gasteiger partial charge in [0.1, 0.15) is 5.69 Å². The minimum atomic E-state index is 0.832. The van der Waals surface area contributed by atoms with E-state index in [-0.39, 0.29) is 0 Å². The molecule has 3 nitrogen and oxygen atoms in total. The minimum absolute atomic E-state index is 0.832. The minimum Gasteiger partial charge on any atom is -0.353 e. The second kappa shape index (κ2) is 3.87. The third-order valence-corrected chi connectivity index (χ3v) is 2.77. The fourth-order valence-corrected chi connectivity index (χ4v) is 2.04. The highest BCUT2D eigenvalue weighted by atomic mass is 15.1. The van der Waals surface area contributed by atoms with Crippen molar-refractivity contribution in [1.29, 1.82) is 0 Å². The summed E-state index contributed by atoms with van der Waals surface area (Å²) >= 11 is 0. The summed E-state index contributed by atoms with van der Waals surface area (Å²) < 4.78 is 0. The molecule has 0 saturated heterocycles. The lowest BCUT2D eigenvalue weighted by atomic mass is 10.1.